The molecule has 2 heterocycles. The molecule has 16 heteroatoms. The summed E-state index contributed by atoms with van der Waals surface area (Å²) in [6, 6.07) is 9.59. The van der Waals surface area contributed by atoms with Gasteiger partial charge in [0.2, 0.25) is 5.91 Å². The maximum absolute atomic E-state index is 12.3. The van der Waals surface area contributed by atoms with Gasteiger partial charge in [0.05, 0.1) is 26.9 Å². The third-order valence-electron chi connectivity index (χ3n) is 5.10. The van der Waals surface area contributed by atoms with Crippen molar-refractivity contribution in [2.45, 2.75) is 6.42 Å². The first kappa shape index (κ1) is 34.6. The van der Waals surface area contributed by atoms with Crippen molar-refractivity contribution in [2.75, 3.05) is 58.4 Å². The fourth-order valence-electron chi connectivity index (χ4n) is 3.21. The molecule has 0 radical (unpaired) electrons. The smallest absolute Gasteiger partial charge is 0.414 e. The van der Waals surface area contributed by atoms with Gasteiger partial charge in [-0.3, -0.25) is 9.69 Å². The Morgan fingerprint density at radius 1 is 0.927 bits per heavy atom. The van der Waals surface area contributed by atoms with E-state index in [2.05, 4.69) is 15.5 Å². The zero-order valence-corrected chi connectivity index (χ0v) is 22.8. The minimum absolute atomic E-state index is 0.178. The van der Waals surface area contributed by atoms with E-state index < -0.39 is 29.8 Å². The monoisotopic (exact) mass is 597 g/mol. The molecule has 1 aliphatic heterocycles. The van der Waals surface area contributed by atoms with E-state index in [9.17, 15) is 9.59 Å². The molecular weight excluding hydrogens is 566 g/mol. The average Bonchev–Trinajstić information content (AvgIpc) is 3.37. The van der Waals surface area contributed by atoms with Gasteiger partial charge in [-0.1, -0.05) is 30.3 Å². The van der Waals surface area contributed by atoms with E-state index in [1.165, 1.54) is 18.4 Å². The highest BCUT2D eigenvalue weighted by molar-refractivity contribution is 7.15. The second-order valence-electron chi connectivity index (χ2n) is 7.96. The van der Waals surface area contributed by atoms with Gasteiger partial charge in [-0.25, -0.2) is 24.0 Å². The van der Waals surface area contributed by atoms with Gasteiger partial charge < -0.3 is 40.5 Å². The zero-order valence-electron chi connectivity index (χ0n) is 22.0. The van der Waals surface area contributed by atoms with Gasteiger partial charge in [0.15, 0.2) is 0 Å². The van der Waals surface area contributed by atoms with Crippen LogP contribution < -0.4 is 10.6 Å². The van der Waals surface area contributed by atoms with Crippen LogP contribution >= 0.6 is 11.3 Å². The number of nitrogens with one attached hydrogen (secondary N) is 2. The maximum Gasteiger partial charge on any atom is 0.414 e. The Morgan fingerprint density at radius 3 is 2.00 bits per heavy atom. The Bertz CT molecular complexity index is 1130. The molecule has 1 fully saturated rings. The van der Waals surface area contributed by atoms with E-state index >= 15 is 0 Å². The van der Waals surface area contributed by atoms with Crippen molar-refractivity contribution < 1.29 is 58.7 Å². The first-order valence-electron chi connectivity index (χ1n) is 12.0. The molecule has 224 valence electrons. The molecule has 1 aliphatic rings. The van der Waals surface area contributed by atoms with Crippen LogP contribution in [0.5, 0.6) is 0 Å². The average molecular weight is 598 g/mol. The predicted octanol–water partition coefficient (Wildman–Crippen LogP) is 0.763. The number of thiophene rings is 1. The quantitative estimate of drug-likeness (QED) is 0.133. The highest BCUT2D eigenvalue weighted by atomic mass is 32.1. The van der Waals surface area contributed by atoms with Crippen molar-refractivity contribution in [3.05, 3.63) is 41.3 Å². The topological polar surface area (TPSA) is 229 Å². The molecule has 1 amide bonds. The molecule has 1 aromatic heterocycles. The van der Waals surface area contributed by atoms with E-state index in [0.29, 0.717) is 10.6 Å². The molecule has 3 rings (SSSR count). The number of esters is 1. The van der Waals surface area contributed by atoms with Gasteiger partial charge in [0.1, 0.15) is 10.6 Å². The van der Waals surface area contributed by atoms with Crippen molar-refractivity contribution in [3.8, 4) is 11.1 Å². The number of nitrogens with zero attached hydrogens (tertiary/aromatic N) is 1. The van der Waals surface area contributed by atoms with Gasteiger partial charge in [-0.05, 0) is 25.1 Å². The lowest BCUT2D eigenvalue weighted by molar-refractivity contribution is -0.159. The fourth-order valence-corrected chi connectivity index (χ4v) is 4.18. The number of aliphatic carboxylic acids is 4. The van der Waals surface area contributed by atoms with E-state index in [1.54, 1.807) is 0 Å². The SMILES string of the molecule is COC(=O)c1c(-c2ccccc2)csc1NC(=O)CNCCCN1CCOCC1.O=C(O)C(=O)O.O=C(O)C(=O)O. The summed E-state index contributed by atoms with van der Waals surface area (Å²) in [6.07, 6.45) is 0.970. The molecule has 1 aromatic carbocycles. The van der Waals surface area contributed by atoms with Crippen LogP contribution in [0.25, 0.3) is 11.1 Å². The number of hydrogen-bond acceptors (Lipinski definition) is 11. The summed E-state index contributed by atoms with van der Waals surface area (Å²) in [7, 11) is 1.34. The summed E-state index contributed by atoms with van der Waals surface area (Å²) in [5.41, 5.74) is 2.06. The zero-order chi connectivity index (χ0) is 30.8. The van der Waals surface area contributed by atoms with Crippen LogP contribution in [-0.4, -0.2) is 114 Å². The number of benzene rings is 1. The number of anilines is 1. The standard InChI is InChI=1S/C21H27N3O4S.2C2H2O4/c1-27-21(26)19-17(16-6-3-2-4-7-16)15-29-20(19)23-18(25)14-22-8-5-9-24-10-12-28-13-11-24;2*3-1(4)2(5)6/h2-4,6-7,15,22H,5,8-14H2,1H3,(H,23,25);2*(H,3,4)(H,5,6). The van der Waals surface area contributed by atoms with Gasteiger partial charge in [-0.2, -0.15) is 0 Å². The van der Waals surface area contributed by atoms with Crippen LogP contribution in [0, 0.1) is 0 Å². The summed E-state index contributed by atoms with van der Waals surface area (Å²) in [5.74, 6) is -7.93. The first-order chi connectivity index (χ1) is 19.5. The fraction of sp³-hybridized carbons (Fsp3) is 0.360. The highest BCUT2D eigenvalue weighted by Gasteiger charge is 2.22. The molecule has 1 saturated heterocycles. The minimum atomic E-state index is -1.82. The number of carbonyl (C=O) groups is 6. The van der Waals surface area contributed by atoms with E-state index in [-0.39, 0.29) is 12.5 Å². The molecule has 0 aliphatic carbocycles. The summed E-state index contributed by atoms with van der Waals surface area (Å²) in [5, 5.41) is 38.0. The number of carboxylic acids is 4. The number of ether oxygens (including phenoxy) is 2. The Labute approximate surface area is 238 Å². The van der Waals surface area contributed by atoms with Crippen LogP contribution in [0.1, 0.15) is 16.8 Å². The van der Waals surface area contributed by atoms with Crippen LogP contribution in [-0.2, 0) is 33.4 Å². The third-order valence-corrected chi connectivity index (χ3v) is 6.00. The summed E-state index contributed by atoms with van der Waals surface area (Å²) < 4.78 is 10.3. The molecule has 0 spiro atoms. The first-order valence-corrected chi connectivity index (χ1v) is 12.8. The lowest BCUT2D eigenvalue weighted by atomic mass is 10.0. The van der Waals surface area contributed by atoms with Crippen molar-refractivity contribution in [3.63, 3.8) is 0 Å². The van der Waals surface area contributed by atoms with Gasteiger partial charge in [-0.15, -0.1) is 11.3 Å². The molecule has 15 nitrogen and oxygen atoms in total. The van der Waals surface area contributed by atoms with Crippen molar-refractivity contribution >= 4 is 52.1 Å². The van der Waals surface area contributed by atoms with Gasteiger partial charge in [0.25, 0.3) is 0 Å². The summed E-state index contributed by atoms with van der Waals surface area (Å²) in [6.45, 7) is 5.48. The van der Waals surface area contributed by atoms with Crippen LogP contribution in [0.2, 0.25) is 0 Å². The van der Waals surface area contributed by atoms with Crippen molar-refractivity contribution in [1.29, 1.82) is 0 Å². The lowest BCUT2D eigenvalue weighted by Crippen LogP contribution is -2.38. The molecule has 41 heavy (non-hydrogen) atoms. The number of rotatable bonds is 9. The molecule has 0 atom stereocenters. The van der Waals surface area contributed by atoms with Gasteiger partial charge in [0, 0.05) is 24.0 Å². The predicted molar refractivity (Wildman–Crippen MR) is 145 cm³/mol. The molecule has 0 unspecified atom stereocenters. The van der Waals surface area contributed by atoms with Gasteiger partial charge >= 0.3 is 29.8 Å². The van der Waals surface area contributed by atoms with Crippen molar-refractivity contribution in [2.24, 2.45) is 0 Å². The largest absolute Gasteiger partial charge is 0.473 e. The molecule has 0 saturated carbocycles. The Kier molecular flexibility index (Phi) is 15.9. The molecule has 6 N–H and O–H groups in total. The van der Waals surface area contributed by atoms with Crippen LogP contribution in [0.3, 0.4) is 0 Å². The molecular formula is C25H31N3O12S. The summed E-state index contributed by atoms with van der Waals surface area (Å²) >= 11 is 1.33. The van der Waals surface area contributed by atoms with Crippen LogP contribution in [0.15, 0.2) is 35.7 Å². The maximum atomic E-state index is 12.3. The number of amides is 1. The second kappa shape index (κ2) is 18.8. The van der Waals surface area contributed by atoms with E-state index in [1.807, 2.05) is 35.7 Å². The number of carbonyl (C=O) groups excluding carboxylic acids is 2. The summed E-state index contributed by atoms with van der Waals surface area (Å²) in [4.78, 5) is 63.4. The molecule has 0 bridgehead atoms. The third kappa shape index (κ3) is 13.5. The van der Waals surface area contributed by atoms with E-state index in [4.69, 9.17) is 49.1 Å². The Balaban J connectivity index is 0.000000588. The molecule has 2 aromatic rings. The van der Waals surface area contributed by atoms with E-state index in [0.717, 1.165) is 56.9 Å². The Hall–Kier alpha value is -4.38. The van der Waals surface area contributed by atoms with Crippen molar-refractivity contribution in [1.82, 2.24) is 10.2 Å². The number of carboxylic acid groups (broad SMARTS) is 4. The van der Waals surface area contributed by atoms with Crippen LogP contribution in [0.4, 0.5) is 5.00 Å². The number of morpholine rings is 1. The lowest BCUT2D eigenvalue weighted by Gasteiger charge is -2.26. The number of hydrogen-bond donors (Lipinski definition) is 6. The number of methoxy groups -OCH3 is 1. The normalized spacial score (nSPS) is 12.4. The minimum Gasteiger partial charge on any atom is -0.473 e. The second-order valence-corrected chi connectivity index (χ2v) is 8.84. The Morgan fingerprint density at radius 2 is 1.49 bits per heavy atom. The highest BCUT2D eigenvalue weighted by Crippen LogP contribution is 2.36.